The molecule has 2 aliphatic rings. The highest BCUT2D eigenvalue weighted by Gasteiger charge is 2.25. The Morgan fingerprint density at radius 1 is 0.894 bits per heavy atom. The average molecular weight is 637 g/mol. The molecular weight excluding hydrogens is 592 g/mol. The van der Waals surface area contributed by atoms with Gasteiger partial charge in [0.1, 0.15) is 12.4 Å². The molecule has 0 fully saturated rings. The molecule has 2 aliphatic heterocycles. The van der Waals surface area contributed by atoms with Crippen molar-refractivity contribution in [3.63, 3.8) is 0 Å². The Hall–Kier alpha value is -4.69. The summed E-state index contributed by atoms with van der Waals surface area (Å²) in [5, 5.41) is 18.3. The van der Waals surface area contributed by atoms with E-state index in [1.807, 2.05) is 56.3 Å². The van der Waals surface area contributed by atoms with Crippen molar-refractivity contribution in [1.82, 2.24) is 9.88 Å². The summed E-state index contributed by atoms with van der Waals surface area (Å²) < 4.78 is 11.4. The van der Waals surface area contributed by atoms with Crippen molar-refractivity contribution in [3.05, 3.63) is 106 Å². The molecule has 0 radical (unpaired) electrons. The first-order valence-electron chi connectivity index (χ1n) is 16.2. The van der Waals surface area contributed by atoms with Crippen LogP contribution in [0.25, 0.3) is 22.3 Å². The van der Waals surface area contributed by atoms with Crippen LogP contribution in [0.4, 0.5) is 4.79 Å². The van der Waals surface area contributed by atoms with Gasteiger partial charge in [0, 0.05) is 30.0 Å². The number of hydrogen-bond acceptors (Lipinski definition) is 6. The third kappa shape index (κ3) is 8.57. The Balaban J connectivity index is 0.000000807. The van der Waals surface area contributed by atoms with Crippen molar-refractivity contribution in [1.29, 1.82) is 0 Å². The first-order valence-corrected chi connectivity index (χ1v) is 16.2. The Labute approximate surface area is 277 Å². The number of aliphatic carboxylic acids is 1. The van der Waals surface area contributed by atoms with Crippen molar-refractivity contribution in [2.24, 2.45) is 0 Å². The molecule has 3 heterocycles. The van der Waals surface area contributed by atoms with Gasteiger partial charge in [-0.3, -0.25) is 9.78 Å². The van der Waals surface area contributed by atoms with Crippen molar-refractivity contribution < 1.29 is 29.3 Å². The molecule has 0 atom stereocenters. The third-order valence-corrected chi connectivity index (χ3v) is 8.18. The molecule has 8 heteroatoms. The molecule has 246 valence electrons. The molecular formula is C39H44N2O6. The van der Waals surface area contributed by atoms with E-state index in [1.165, 1.54) is 5.56 Å². The minimum atomic E-state index is -0.887. The smallest absolute Gasteiger partial charge is 0.410 e. The lowest BCUT2D eigenvalue weighted by Gasteiger charge is -2.29. The molecule has 0 bridgehead atoms. The van der Waals surface area contributed by atoms with Crippen LogP contribution in [-0.4, -0.2) is 50.9 Å². The van der Waals surface area contributed by atoms with Crippen LogP contribution in [0.3, 0.4) is 0 Å². The molecule has 1 amide bonds. The zero-order valence-corrected chi connectivity index (χ0v) is 27.9. The van der Waals surface area contributed by atoms with E-state index in [0.717, 1.165) is 74.5 Å². The first-order chi connectivity index (χ1) is 22.4. The summed E-state index contributed by atoms with van der Waals surface area (Å²) in [7, 11) is 0. The maximum absolute atomic E-state index is 12.8. The van der Waals surface area contributed by atoms with Gasteiger partial charge in [0.15, 0.2) is 0 Å². The lowest BCUT2D eigenvalue weighted by molar-refractivity contribution is -0.136. The number of amides is 1. The fourth-order valence-corrected chi connectivity index (χ4v) is 6.12. The largest absolute Gasteiger partial charge is 0.493 e. The number of pyridine rings is 1. The number of aromatic nitrogens is 1. The minimum Gasteiger partial charge on any atom is -0.493 e. The van der Waals surface area contributed by atoms with Gasteiger partial charge in [0.05, 0.1) is 18.6 Å². The number of nitrogens with zero attached hydrogens (tertiary/aromatic N) is 2. The fraction of sp³-hybridized carbons (Fsp3) is 0.359. The van der Waals surface area contributed by atoms with Crippen LogP contribution >= 0.6 is 0 Å². The molecule has 3 aromatic carbocycles. The number of carbonyl (C=O) groups is 2. The normalized spacial score (nSPS) is 13.8. The number of aryl methyl sites for hydroxylation is 3. The molecule has 0 unspecified atom stereocenters. The van der Waals surface area contributed by atoms with E-state index >= 15 is 0 Å². The van der Waals surface area contributed by atoms with Crippen molar-refractivity contribution in [3.8, 4) is 28.0 Å². The fourth-order valence-electron chi connectivity index (χ4n) is 6.12. The molecule has 47 heavy (non-hydrogen) atoms. The summed E-state index contributed by atoms with van der Waals surface area (Å²) in [6.07, 6.45) is 2.17. The highest BCUT2D eigenvalue weighted by molar-refractivity contribution is 5.90. The SMILES string of the molecule is CC(C)(C)O.Cc1nc(C)c(-c2ccc3c(c2)CCN(C(=O)OCc2ccccc2)C3)c(-c2ccc3c(c2)CCCO3)c1CC(=O)O. The van der Waals surface area contributed by atoms with Crippen LogP contribution in [0, 0.1) is 13.8 Å². The predicted molar refractivity (Wildman–Crippen MR) is 182 cm³/mol. The van der Waals surface area contributed by atoms with Crippen LogP contribution in [0.2, 0.25) is 0 Å². The lowest BCUT2D eigenvalue weighted by Crippen LogP contribution is -2.36. The Bertz CT molecular complexity index is 1750. The number of carboxylic acids is 1. The van der Waals surface area contributed by atoms with Crippen molar-refractivity contribution in [2.45, 2.75) is 79.1 Å². The molecule has 2 N–H and O–H groups in total. The molecule has 0 aliphatic carbocycles. The maximum Gasteiger partial charge on any atom is 0.410 e. The monoisotopic (exact) mass is 636 g/mol. The van der Waals surface area contributed by atoms with E-state index in [9.17, 15) is 14.7 Å². The number of benzene rings is 3. The summed E-state index contributed by atoms with van der Waals surface area (Å²) in [5.74, 6) is 0.0105. The summed E-state index contributed by atoms with van der Waals surface area (Å²) >= 11 is 0. The Morgan fingerprint density at radius 2 is 1.57 bits per heavy atom. The summed E-state index contributed by atoms with van der Waals surface area (Å²) in [6.45, 7) is 11.1. The standard InChI is InChI=1S/C35H34N2O5.C4H10O/c1-22-30(19-32(38)39)34(28-12-13-31-26(18-28)9-6-16-41-31)33(23(2)36-22)27-10-11-29-20-37(15-14-25(29)17-27)35(40)42-21-24-7-4-3-5-8-24;1-4(2,3)5/h3-5,7-8,10-13,17-18H,6,9,14-16,19-21H2,1-2H3,(H,38,39);5H,1-3H3. The van der Waals surface area contributed by atoms with Gasteiger partial charge in [0.25, 0.3) is 0 Å². The van der Waals surface area contributed by atoms with Crippen LogP contribution in [0.1, 0.15) is 66.4 Å². The number of carbonyl (C=O) groups excluding carboxylic acids is 1. The van der Waals surface area contributed by atoms with E-state index in [0.29, 0.717) is 26.1 Å². The number of aliphatic hydroxyl groups is 1. The number of carboxylic acid groups (broad SMARTS) is 1. The molecule has 0 saturated carbocycles. The summed E-state index contributed by atoms with van der Waals surface area (Å²) in [6, 6.07) is 22.2. The third-order valence-electron chi connectivity index (χ3n) is 8.18. The zero-order valence-electron chi connectivity index (χ0n) is 27.9. The zero-order chi connectivity index (χ0) is 33.7. The number of fused-ring (bicyclic) bond motifs is 2. The predicted octanol–water partition coefficient (Wildman–Crippen LogP) is 7.46. The second kappa shape index (κ2) is 14.4. The lowest BCUT2D eigenvalue weighted by atomic mass is 9.85. The topological polar surface area (TPSA) is 109 Å². The number of ether oxygens (including phenoxy) is 2. The summed E-state index contributed by atoms with van der Waals surface area (Å²) in [5.41, 5.74) is 9.99. The second-order valence-corrected chi connectivity index (χ2v) is 13.2. The van der Waals surface area contributed by atoms with Crippen LogP contribution in [0.15, 0.2) is 66.7 Å². The van der Waals surface area contributed by atoms with Gasteiger partial charge in [-0.2, -0.15) is 0 Å². The van der Waals surface area contributed by atoms with Crippen LogP contribution < -0.4 is 4.74 Å². The average Bonchev–Trinajstić information content (AvgIpc) is 3.03. The van der Waals surface area contributed by atoms with Gasteiger partial charge < -0.3 is 24.6 Å². The van der Waals surface area contributed by atoms with E-state index in [1.54, 1.807) is 25.7 Å². The second-order valence-electron chi connectivity index (χ2n) is 13.2. The molecule has 0 spiro atoms. The van der Waals surface area contributed by atoms with E-state index < -0.39 is 11.6 Å². The van der Waals surface area contributed by atoms with Crippen molar-refractivity contribution >= 4 is 12.1 Å². The van der Waals surface area contributed by atoms with Gasteiger partial charge in [-0.05, 0) is 111 Å². The highest BCUT2D eigenvalue weighted by atomic mass is 16.6. The molecule has 0 saturated heterocycles. The first kappa shape index (κ1) is 33.7. The maximum atomic E-state index is 12.8. The van der Waals surface area contributed by atoms with Crippen LogP contribution in [-0.2, 0) is 41.9 Å². The quantitative estimate of drug-likeness (QED) is 0.226. The number of hydrogen-bond donors (Lipinski definition) is 2. The van der Waals surface area contributed by atoms with Gasteiger partial charge in [-0.15, -0.1) is 0 Å². The molecule has 4 aromatic rings. The van der Waals surface area contributed by atoms with Gasteiger partial charge >= 0.3 is 12.1 Å². The van der Waals surface area contributed by atoms with Crippen LogP contribution in [0.5, 0.6) is 5.75 Å². The highest BCUT2D eigenvalue weighted by Crippen LogP contribution is 2.41. The van der Waals surface area contributed by atoms with E-state index in [4.69, 9.17) is 19.6 Å². The van der Waals surface area contributed by atoms with Gasteiger partial charge in [0.2, 0.25) is 0 Å². The van der Waals surface area contributed by atoms with Gasteiger partial charge in [-0.25, -0.2) is 4.79 Å². The Morgan fingerprint density at radius 3 is 2.30 bits per heavy atom. The summed E-state index contributed by atoms with van der Waals surface area (Å²) in [4.78, 5) is 31.4. The van der Waals surface area contributed by atoms with E-state index in [-0.39, 0.29) is 19.1 Å². The molecule has 8 nitrogen and oxygen atoms in total. The van der Waals surface area contributed by atoms with Gasteiger partial charge in [-0.1, -0.05) is 54.6 Å². The van der Waals surface area contributed by atoms with Crippen molar-refractivity contribution in [2.75, 3.05) is 13.2 Å². The minimum absolute atomic E-state index is 0.111. The Kier molecular flexibility index (Phi) is 10.3. The molecule has 6 rings (SSSR count). The number of rotatable bonds is 6. The molecule has 1 aromatic heterocycles. The van der Waals surface area contributed by atoms with E-state index in [2.05, 4.69) is 24.3 Å².